The fraction of sp³-hybridized carbons (Fsp3) is 0.571. The molecule has 0 saturated carbocycles. The van der Waals surface area contributed by atoms with E-state index in [-0.39, 0.29) is 5.69 Å². The van der Waals surface area contributed by atoms with Crippen LogP contribution >= 0.6 is 15.2 Å². The monoisotopic (exact) mass is 408 g/mol. The zero-order valence-corrected chi connectivity index (χ0v) is 16.8. The highest BCUT2D eigenvalue weighted by Gasteiger charge is 2.57. The molecule has 0 aromatic carbocycles. The minimum Gasteiger partial charge on any atom is -0.323 e. The molecule has 0 spiro atoms. The largest absolute Gasteiger partial charge is 0.358 e. The molecular formula is C14H26N4O6P2. The lowest BCUT2D eigenvalue weighted by Gasteiger charge is -2.29. The van der Waals surface area contributed by atoms with Crippen LogP contribution in [0.5, 0.6) is 0 Å². The van der Waals surface area contributed by atoms with Crippen LogP contribution in [0.25, 0.3) is 0 Å². The molecule has 12 heteroatoms. The molecule has 0 aliphatic carbocycles. The van der Waals surface area contributed by atoms with Crippen molar-refractivity contribution in [3.8, 4) is 0 Å². The van der Waals surface area contributed by atoms with Crippen molar-refractivity contribution in [2.45, 2.75) is 51.6 Å². The number of nitrogens with zero attached hydrogens (tertiary/aromatic N) is 3. The molecular weight excluding hydrogens is 382 g/mol. The lowest BCUT2D eigenvalue weighted by atomic mass is 10.1. The first-order valence-corrected chi connectivity index (χ1v) is 11.1. The number of hydrogen-bond acceptors (Lipinski definition) is 5. The Morgan fingerprint density at radius 2 is 1.77 bits per heavy atom. The maximum absolute atomic E-state index is 11.5. The van der Waals surface area contributed by atoms with Crippen LogP contribution in [0.2, 0.25) is 0 Å². The summed E-state index contributed by atoms with van der Waals surface area (Å²) in [6, 6.07) is 0. The average molecular weight is 408 g/mol. The Kier molecular flexibility index (Phi) is 7.68. The molecule has 148 valence electrons. The third kappa shape index (κ3) is 6.25. The van der Waals surface area contributed by atoms with Crippen molar-refractivity contribution in [1.82, 2.24) is 15.0 Å². The van der Waals surface area contributed by atoms with Crippen LogP contribution in [0.4, 0.5) is 0 Å². The Labute approximate surface area is 152 Å². The third-order valence-electron chi connectivity index (χ3n) is 3.75. The minimum absolute atomic E-state index is 0.0188. The van der Waals surface area contributed by atoms with Crippen molar-refractivity contribution >= 4 is 15.2 Å². The van der Waals surface area contributed by atoms with Crippen LogP contribution in [0.3, 0.4) is 0 Å². The fourth-order valence-electron chi connectivity index (χ4n) is 2.09. The molecule has 1 heterocycles. The Morgan fingerprint density at radius 3 is 2.27 bits per heavy atom. The van der Waals surface area contributed by atoms with E-state index < -0.39 is 26.6 Å². The van der Waals surface area contributed by atoms with E-state index in [2.05, 4.69) is 16.4 Å². The minimum atomic E-state index is -5.30. The Morgan fingerprint density at radius 1 is 1.19 bits per heavy atom. The summed E-state index contributed by atoms with van der Waals surface area (Å²) in [6.07, 6.45) is 6.43. The van der Waals surface area contributed by atoms with Gasteiger partial charge >= 0.3 is 15.2 Å². The molecule has 0 fully saturated rings. The first-order valence-electron chi connectivity index (χ1n) is 7.84. The zero-order valence-electron chi connectivity index (χ0n) is 15.0. The van der Waals surface area contributed by atoms with E-state index in [1.807, 2.05) is 26.8 Å². The molecule has 1 aromatic heterocycles. The summed E-state index contributed by atoms with van der Waals surface area (Å²) >= 11 is 0. The average Bonchev–Trinajstić information content (AvgIpc) is 2.89. The molecule has 1 aromatic rings. The molecule has 0 saturated heterocycles. The van der Waals surface area contributed by atoms with E-state index in [0.717, 1.165) is 18.4 Å². The molecule has 10 nitrogen and oxygen atoms in total. The second kappa shape index (κ2) is 8.71. The van der Waals surface area contributed by atoms with Crippen molar-refractivity contribution in [3.05, 3.63) is 35.2 Å². The summed E-state index contributed by atoms with van der Waals surface area (Å²) in [5.74, 6) is 0. The van der Waals surface area contributed by atoms with Crippen molar-refractivity contribution in [1.29, 1.82) is 0 Å². The molecule has 0 aliphatic heterocycles. The van der Waals surface area contributed by atoms with Gasteiger partial charge in [0, 0.05) is 12.6 Å². The first kappa shape index (κ1) is 22.9. The zero-order chi connectivity index (χ0) is 20.2. The lowest BCUT2D eigenvalue weighted by Crippen LogP contribution is -2.41. The van der Waals surface area contributed by atoms with Gasteiger partial charge in [-0.3, -0.25) is 9.13 Å². The quantitative estimate of drug-likeness (QED) is 0.300. The van der Waals surface area contributed by atoms with Gasteiger partial charge in [0.15, 0.2) is 0 Å². The van der Waals surface area contributed by atoms with Crippen molar-refractivity contribution in [2.75, 3.05) is 0 Å². The maximum atomic E-state index is 11.5. The Balaban J connectivity index is 2.83. The van der Waals surface area contributed by atoms with Crippen molar-refractivity contribution in [2.24, 2.45) is 5.73 Å². The van der Waals surface area contributed by atoms with Crippen LogP contribution < -0.4 is 5.73 Å². The summed E-state index contributed by atoms with van der Waals surface area (Å²) in [6.45, 7) is 6.41. The van der Waals surface area contributed by atoms with Gasteiger partial charge in [0.2, 0.25) is 5.02 Å². The molecule has 26 heavy (non-hydrogen) atoms. The second-order valence-electron chi connectivity index (χ2n) is 6.45. The fourth-order valence-corrected chi connectivity index (χ4v) is 4.18. The summed E-state index contributed by atoms with van der Waals surface area (Å²) in [4.78, 5) is 37.1. The van der Waals surface area contributed by atoms with Crippen LogP contribution in [-0.4, -0.2) is 39.6 Å². The standard InChI is InChI=1S/C14H26N4O6P2/c1-11(2)5-4-6-12(3)7-8-18-10-13(16-17-18)9-14(15,25(19,20)21)26(22,23)24/h5,7,10H,4,6,8-9,15H2,1-3H3,(H2,19,20,21)(H2,22,23,24). The Bertz CT molecular complexity index is 750. The predicted octanol–water partition coefficient (Wildman–Crippen LogP) is 1.48. The molecule has 0 bridgehead atoms. The smallest absolute Gasteiger partial charge is 0.323 e. The van der Waals surface area contributed by atoms with Gasteiger partial charge in [-0.15, -0.1) is 5.10 Å². The van der Waals surface area contributed by atoms with E-state index in [4.69, 9.17) is 5.73 Å². The highest BCUT2D eigenvalue weighted by molar-refractivity contribution is 7.72. The van der Waals surface area contributed by atoms with Crippen LogP contribution in [0, 0.1) is 0 Å². The molecule has 0 amide bonds. The van der Waals surface area contributed by atoms with Gasteiger partial charge in [-0.1, -0.05) is 28.5 Å². The third-order valence-corrected chi connectivity index (χ3v) is 7.65. The molecule has 0 unspecified atom stereocenters. The molecule has 0 aliphatic rings. The highest BCUT2D eigenvalue weighted by Crippen LogP contribution is 2.66. The number of nitrogens with two attached hydrogens (primary N) is 1. The maximum Gasteiger partial charge on any atom is 0.358 e. The van der Waals surface area contributed by atoms with Crippen LogP contribution in [-0.2, 0) is 22.1 Å². The highest BCUT2D eigenvalue weighted by atomic mass is 31.2. The van der Waals surface area contributed by atoms with Crippen LogP contribution in [0.1, 0.15) is 39.3 Å². The SMILES string of the molecule is CC(C)=CCCC(C)=CCn1cc(CC(N)(P(=O)(O)O)P(=O)(O)O)nn1. The first-order chi connectivity index (χ1) is 11.8. The van der Waals surface area contributed by atoms with Gasteiger partial charge < -0.3 is 25.3 Å². The van der Waals surface area contributed by atoms with E-state index in [1.54, 1.807) is 0 Å². The summed E-state index contributed by atoms with van der Waals surface area (Å²) in [7, 11) is -10.6. The molecule has 6 N–H and O–H groups in total. The van der Waals surface area contributed by atoms with Gasteiger partial charge in [-0.05, 0) is 33.6 Å². The van der Waals surface area contributed by atoms with Crippen molar-refractivity contribution in [3.63, 3.8) is 0 Å². The normalized spacial score (nSPS) is 13.8. The Hall–Kier alpha value is -1.12. The second-order valence-corrected chi connectivity index (χ2v) is 10.6. The van der Waals surface area contributed by atoms with Crippen LogP contribution in [0.15, 0.2) is 29.5 Å². The van der Waals surface area contributed by atoms with Gasteiger partial charge in [0.05, 0.1) is 12.2 Å². The topological polar surface area (TPSA) is 172 Å². The van der Waals surface area contributed by atoms with Gasteiger partial charge in [-0.2, -0.15) is 0 Å². The van der Waals surface area contributed by atoms with Gasteiger partial charge in [0.25, 0.3) is 0 Å². The number of hydrogen-bond donors (Lipinski definition) is 5. The lowest BCUT2D eigenvalue weighted by molar-refractivity contribution is 0.307. The predicted molar refractivity (Wildman–Crippen MR) is 97.2 cm³/mol. The van der Waals surface area contributed by atoms with E-state index in [9.17, 15) is 28.7 Å². The summed E-state index contributed by atoms with van der Waals surface area (Å²) < 4.78 is 24.4. The molecule has 0 radical (unpaired) electrons. The van der Waals surface area contributed by atoms with E-state index >= 15 is 0 Å². The van der Waals surface area contributed by atoms with Gasteiger partial charge in [-0.25, -0.2) is 4.68 Å². The van der Waals surface area contributed by atoms with Gasteiger partial charge in [0.1, 0.15) is 0 Å². The molecule has 1 rings (SSSR count). The number of aromatic nitrogens is 3. The van der Waals surface area contributed by atoms with Crippen molar-refractivity contribution < 1.29 is 28.7 Å². The van der Waals surface area contributed by atoms with E-state index in [0.29, 0.717) is 6.54 Å². The number of allylic oxidation sites excluding steroid dienone is 4. The summed E-state index contributed by atoms with van der Waals surface area (Å²) in [5.41, 5.74) is 7.74. The summed E-state index contributed by atoms with van der Waals surface area (Å²) in [5, 5.41) is 4.46. The number of rotatable bonds is 9. The van der Waals surface area contributed by atoms with E-state index in [1.165, 1.54) is 16.5 Å². The molecule has 0 atom stereocenters.